The van der Waals surface area contributed by atoms with Crippen LogP contribution in [0.1, 0.15) is 59.8 Å². The maximum Gasteiger partial charge on any atom is 0.311 e. The first-order valence-corrected chi connectivity index (χ1v) is 14.0. The molecule has 0 bridgehead atoms. The second-order valence-corrected chi connectivity index (χ2v) is 12.8. The maximum absolute atomic E-state index is 14.3. The first-order chi connectivity index (χ1) is 16.7. The van der Waals surface area contributed by atoms with Gasteiger partial charge >= 0.3 is 5.97 Å². The van der Waals surface area contributed by atoms with Gasteiger partial charge in [-0.15, -0.1) is 11.8 Å². The summed E-state index contributed by atoms with van der Waals surface area (Å²) in [5.74, 6) is -1.83. The van der Waals surface area contributed by atoms with Gasteiger partial charge in [0, 0.05) is 17.8 Å². The molecule has 1 spiro atoms. The Morgan fingerprint density at radius 2 is 1.94 bits per heavy atom. The monoisotopic (exact) mass is 504 g/mol. The van der Waals surface area contributed by atoms with Crippen LogP contribution in [0.4, 0.5) is 0 Å². The Labute approximate surface area is 213 Å². The van der Waals surface area contributed by atoms with Gasteiger partial charge < -0.3 is 19.6 Å². The number of esters is 1. The average molecular weight is 505 g/mol. The van der Waals surface area contributed by atoms with E-state index in [1.54, 1.807) is 16.7 Å². The van der Waals surface area contributed by atoms with E-state index in [-0.39, 0.29) is 30.3 Å². The number of carbonyl (C=O) groups is 3. The molecule has 8 heteroatoms. The van der Waals surface area contributed by atoms with Crippen LogP contribution in [0, 0.1) is 17.8 Å². The molecule has 0 aromatic carbocycles. The van der Waals surface area contributed by atoms with Crippen LogP contribution >= 0.6 is 11.8 Å². The van der Waals surface area contributed by atoms with Gasteiger partial charge in [0.25, 0.3) is 0 Å². The third-order valence-corrected chi connectivity index (χ3v) is 9.70. The zero-order valence-corrected chi connectivity index (χ0v) is 22.3. The molecule has 0 aliphatic carbocycles. The van der Waals surface area contributed by atoms with E-state index in [1.165, 1.54) is 0 Å². The van der Waals surface area contributed by atoms with Gasteiger partial charge in [-0.1, -0.05) is 51.5 Å². The number of cyclic esters (lactones) is 1. The third-order valence-electron chi connectivity index (χ3n) is 7.90. The van der Waals surface area contributed by atoms with Crippen LogP contribution in [-0.2, 0) is 19.1 Å². The van der Waals surface area contributed by atoms with Crippen molar-refractivity contribution in [3.05, 3.63) is 24.3 Å². The van der Waals surface area contributed by atoms with Gasteiger partial charge in [-0.25, -0.2) is 0 Å². The van der Waals surface area contributed by atoms with E-state index in [4.69, 9.17) is 4.74 Å². The predicted molar refractivity (Wildman–Crippen MR) is 137 cm³/mol. The van der Waals surface area contributed by atoms with E-state index in [9.17, 15) is 19.5 Å². The van der Waals surface area contributed by atoms with E-state index >= 15 is 0 Å². The van der Waals surface area contributed by atoms with Gasteiger partial charge in [0.05, 0.1) is 35.8 Å². The molecule has 0 aromatic heterocycles. The lowest BCUT2D eigenvalue weighted by molar-refractivity contribution is -0.154. The third kappa shape index (κ3) is 4.45. The molecule has 4 heterocycles. The van der Waals surface area contributed by atoms with Crippen molar-refractivity contribution in [1.82, 2.24) is 9.80 Å². The van der Waals surface area contributed by atoms with Crippen molar-refractivity contribution in [2.75, 3.05) is 26.3 Å². The normalized spacial score (nSPS) is 36.6. The molecular weight excluding hydrogens is 464 g/mol. The van der Waals surface area contributed by atoms with Gasteiger partial charge in [-0.3, -0.25) is 14.4 Å². The number of aliphatic hydroxyl groups is 1. The van der Waals surface area contributed by atoms with E-state index in [0.29, 0.717) is 26.1 Å². The topological polar surface area (TPSA) is 87.2 Å². The standard InChI is InChI=1S/C27H40N2O5S/c1-5-6-13-28-14-10-12-27-20(21-25(33)34-15-9-7-8-11-26(21,4)35-27)23(31)29(22(27)24(28)32)19(17-30)16-18(2)3/h8,10-12,18-22,30H,5-7,9,13-17H2,1-4H3/b11-8-/t19-,20+,21+,22?,26-,27+/m1/s1. The van der Waals surface area contributed by atoms with Crippen LogP contribution in [0.3, 0.4) is 0 Å². The van der Waals surface area contributed by atoms with Crippen LogP contribution in [-0.4, -0.2) is 80.6 Å². The first-order valence-electron chi connectivity index (χ1n) is 13.1. The second kappa shape index (κ2) is 10.3. The Balaban J connectivity index is 1.86. The first kappa shape index (κ1) is 26.3. The summed E-state index contributed by atoms with van der Waals surface area (Å²) in [5, 5.41) is 10.4. The summed E-state index contributed by atoms with van der Waals surface area (Å²) < 4.78 is 4.11. The Morgan fingerprint density at radius 1 is 1.17 bits per heavy atom. The predicted octanol–water partition coefficient (Wildman–Crippen LogP) is 3.17. The number of likely N-dealkylation sites (tertiary alicyclic amines) is 1. The highest BCUT2D eigenvalue weighted by atomic mass is 32.2. The number of thioether (sulfide) groups is 1. The zero-order chi connectivity index (χ0) is 25.4. The lowest BCUT2D eigenvalue weighted by Crippen LogP contribution is -2.57. The van der Waals surface area contributed by atoms with Crippen molar-refractivity contribution in [3.63, 3.8) is 0 Å². The number of carbonyl (C=O) groups excluding carboxylic acids is 3. The van der Waals surface area contributed by atoms with Gasteiger partial charge in [0.1, 0.15) is 6.04 Å². The molecule has 2 amide bonds. The summed E-state index contributed by atoms with van der Waals surface area (Å²) >= 11 is 1.57. The minimum atomic E-state index is -0.887. The molecule has 194 valence electrons. The molecule has 35 heavy (non-hydrogen) atoms. The number of fused-ring (bicyclic) bond motifs is 2. The lowest BCUT2D eigenvalue weighted by atomic mass is 9.74. The number of amides is 2. The fourth-order valence-electron chi connectivity index (χ4n) is 6.38. The zero-order valence-electron chi connectivity index (χ0n) is 21.4. The maximum atomic E-state index is 14.3. The molecule has 4 rings (SSSR count). The number of aliphatic hydroxyl groups excluding tert-OH is 1. The van der Waals surface area contributed by atoms with Crippen molar-refractivity contribution >= 4 is 29.5 Å². The summed E-state index contributed by atoms with van der Waals surface area (Å²) in [6.07, 6.45) is 12.2. The Bertz CT molecular complexity index is 904. The molecule has 0 aromatic rings. The molecule has 4 aliphatic rings. The van der Waals surface area contributed by atoms with Crippen LogP contribution in [0.5, 0.6) is 0 Å². The molecule has 0 saturated carbocycles. The summed E-state index contributed by atoms with van der Waals surface area (Å²) in [6, 6.07) is -1.24. The fraction of sp³-hybridized carbons (Fsp3) is 0.741. The Kier molecular flexibility index (Phi) is 7.72. The molecule has 1 unspecified atom stereocenters. The molecule has 4 aliphatic heterocycles. The van der Waals surface area contributed by atoms with Gasteiger partial charge in [-0.05, 0) is 38.5 Å². The Hall–Kier alpha value is -1.80. The van der Waals surface area contributed by atoms with E-state index in [1.807, 2.05) is 24.0 Å². The highest BCUT2D eigenvalue weighted by molar-refractivity contribution is 8.02. The number of hydrogen-bond donors (Lipinski definition) is 1. The lowest BCUT2D eigenvalue weighted by Gasteiger charge is -2.40. The molecule has 6 atom stereocenters. The minimum Gasteiger partial charge on any atom is -0.465 e. The van der Waals surface area contributed by atoms with Gasteiger partial charge in [-0.2, -0.15) is 0 Å². The van der Waals surface area contributed by atoms with Gasteiger partial charge in [0.15, 0.2) is 0 Å². The number of ether oxygens (including phenoxy) is 1. The molecule has 2 saturated heterocycles. The van der Waals surface area contributed by atoms with Crippen LogP contribution in [0.25, 0.3) is 0 Å². The number of unbranched alkanes of at least 4 members (excludes halogenated alkanes) is 1. The Morgan fingerprint density at radius 3 is 2.63 bits per heavy atom. The van der Waals surface area contributed by atoms with Crippen molar-refractivity contribution < 1.29 is 24.2 Å². The summed E-state index contributed by atoms with van der Waals surface area (Å²) in [6.45, 7) is 9.42. The number of rotatable bonds is 7. The van der Waals surface area contributed by atoms with Gasteiger partial charge in [0.2, 0.25) is 11.8 Å². The number of hydrogen-bond acceptors (Lipinski definition) is 6. The largest absolute Gasteiger partial charge is 0.465 e. The van der Waals surface area contributed by atoms with Crippen molar-refractivity contribution in [1.29, 1.82) is 0 Å². The second-order valence-electron chi connectivity index (χ2n) is 11.0. The van der Waals surface area contributed by atoms with Crippen molar-refractivity contribution in [2.24, 2.45) is 17.8 Å². The van der Waals surface area contributed by atoms with Crippen LogP contribution in [0.2, 0.25) is 0 Å². The van der Waals surface area contributed by atoms with Crippen molar-refractivity contribution in [3.8, 4) is 0 Å². The SMILES string of the molecule is CCCCN1CC=C[C@]23S[C@]4(C)/C=C\CCCOC(=O)[C@@H]4[C@H]2C(=O)N([C@@H](CO)CC(C)C)C3C1=O. The molecular formula is C27H40N2O5S. The van der Waals surface area contributed by atoms with Crippen molar-refractivity contribution in [2.45, 2.75) is 81.4 Å². The number of allylic oxidation sites excluding steroid dienone is 1. The van der Waals surface area contributed by atoms with E-state index < -0.39 is 33.4 Å². The molecule has 2 fully saturated rings. The summed E-state index contributed by atoms with van der Waals surface area (Å²) in [5.41, 5.74) is 0. The minimum absolute atomic E-state index is 0.0820. The molecule has 0 radical (unpaired) electrons. The molecule has 7 nitrogen and oxygen atoms in total. The highest BCUT2D eigenvalue weighted by Gasteiger charge is 2.74. The smallest absolute Gasteiger partial charge is 0.311 e. The number of nitrogens with zero attached hydrogens (tertiary/aromatic N) is 2. The quantitative estimate of drug-likeness (QED) is 0.423. The fourth-order valence-corrected chi connectivity index (χ4v) is 8.52. The summed E-state index contributed by atoms with van der Waals surface area (Å²) in [7, 11) is 0. The van der Waals surface area contributed by atoms with E-state index in [0.717, 1.165) is 25.7 Å². The molecule has 1 N–H and O–H groups in total. The van der Waals surface area contributed by atoms with E-state index in [2.05, 4.69) is 32.9 Å². The summed E-state index contributed by atoms with van der Waals surface area (Å²) in [4.78, 5) is 45.4. The highest BCUT2D eigenvalue weighted by Crippen LogP contribution is 2.65. The van der Waals surface area contributed by atoms with Crippen LogP contribution < -0.4 is 0 Å². The average Bonchev–Trinajstić information content (AvgIpc) is 3.16. The van der Waals surface area contributed by atoms with Crippen LogP contribution in [0.15, 0.2) is 24.3 Å².